The summed E-state index contributed by atoms with van der Waals surface area (Å²) in [5.74, 6) is 0.134. The van der Waals surface area contributed by atoms with Gasteiger partial charge in [0.15, 0.2) is 0 Å². The summed E-state index contributed by atoms with van der Waals surface area (Å²) in [7, 11) is 0. The van der Waals surface area contributed by atoms with Gasteiger partial charge in [-0.15, -0.1) is 0 Å². The van der Waals surface area contributed by atoms with E-state index in [2.05, 4.69) is 65.2 Å². The predicted octanol–water partition coefficient (Wildman–Crippen LogP) is 2.76. The van der Waals surface area contributed by atoms with Crippen LogP contribution < -0.4 is 0 Å². The lowest BCUT2D eigenvalue weighted by Crippen LogP contribution is -2.84. The molecule has 4 heteroatoms. The first-order chi connectivity index (χ1) is 10.9. The fourth-order valence-corrected chi connectivity index (χ4v) is 6.67. The molecule has 2 fully saturated rings. The Kier molecular flexibility index (Phi) is 5.52. The summed E-state index contributed by atoms with van der Waals surface area (Å²) < 4.78 is 2.47. The molecule has 0 aromatic carbocycles. The van der Waals surface area contributed by atoms with Gasteiger partial charge in [-0.3, -0.25) is 0 Å². The minimum atomic E-state index is 0.134. The largest absolute Gasteiger partial charge is 0.357 e. The van der Waals surface area contributed by atoms with E-state index in [9.17, 15) is 0 Å². The Morgan fingerprint density at radius 1 is 0.870 bits per heavy atom. The lowest BCUT2D eigenvalue weighted by atomic mass is 10.1. The van der Waals surface area contributed by atoms with Gasteiger partial charge in [-0.2, -0.15) is 9.80 Å². The number of rotatable bonds is 6. The van der Waals surface area contributed by atoms with Crippen molar-refractivity contribution in [2.24, 2.45) is 0 Å². The molecule has 0 saturated carbocycles. The van der Waals surface area contributed by atoms with Crippen LogP contribution in [0.5, 0.6) is 0 Å². The summed E-state index contributed by atoms with van der Waals surface area (Å²) >= 11 is 0. The third-order valence-corrected chi connectivity index (χ3v) is 7.58. The van der Waals surface area contributed by atoms with Gasteiger partial charge < -0.3 is 0 Å². The topological polar surface area (TPSA) is 6.48 Å². The monoisotopic (exact) mass is 326 g/mol. The van der Waals surface area contributed by atoms with E-state index in [0.717, 1.165) is 13.1 Å². The van der Waals surface area contributed by atoms with E-state index in [1.807, 2.05) is 0 Å². The van der Waals surface area contributed by atoms with Crippen LogP contribution in [0.1, 0.15) is 55.4 Å². The molecule has 2 aliphatic heterocycles. The minimum Gasteiger partial charge on any atom is -0.242 e. The van der Waals surface area contributed by atoms with Crippen LogP contribution >= 0.6 is 0 Å². The van der Waals surface area contributed by atoms with Crippen molar-refractivity contribution in [3.05, 3.63) is 0 Å². The van der Waals surface area contributed by atoms with E-state index in [4.69, 9.17) is 0 Å². The molecule has 2 rings (SSSR count). The van der Waals surface area contributed by atoms with Gasteiger partial charge in [0.05, 0.1) is 38.8 Å². The fraction of sp³-hybridized carbons (Fsp3) is 1.00. The van der Waals surface area contributed by atoms with Gasteiger partial charge in [-0.25, -0.2) is 8.97 Å². The maximum Gasteiger partial charge on any atom is 0.357 e. The van der Waals surface area contributed by atoms with Gasteiger partial charge in [0.1, 0.15) is 12.6 Å². The molecule has 0 aromatic rings. The fourth-order valence-electron chi connectivity index (χ4n) is 6.67. The maximum absolute atomic E-state index is 2.88. The second-order valence-corrected chi connectivity index (χ2v) is 7.75. The highest BCUT2D eigenvalue weighted by atomic mass is 15.9. The van der Waals surface area contributed by atoms with E-state index in [1.54, 1.807) is 0 Å². The van der Waals surface area contributed by atoms with Gasteiger partial charge in [0, 0.05) is 13.1 Å². The molecule has 0 radical (unpaired) electrons. The van der Waals surface area contributed by atoms with Crippen LogP contribution in [-0.2, 0) is 0 Å². The molecule has 0 bridgehead atoms. The molecule has 0 aromatic heterocycles. The van der Waals surface area contributed by atoms with Crippen LogP contribution in [0.25, 0.3) is 0 Å². The number of hydrogen-bond acceptors (Lipinski definition) is 2. The van der Waals surface area contributed by atoms with Crippen LogP contribution in [0.2, 0.25) is 0 Å². The summed E-state index contributed by atoms with van der Waals surface area (Å²) in [5.41, 5.74) is 0. The summed E-state index contributed by atoms with van der Waals surface area (Å²) in [5, 5.41) is 0. The molecule has 3 unspecified atom stereocenters. The third kappa shape index (κ3) is 2.04. The maximum atomic E-state index is 2.88. The Balaban J connectivity index is 2.80. The first kappa shape index (κ1) is 19.2. The highest BCUT2D eigenvalue weighted by Crippen LogP contribution is 2.52. The van der Waals surface area contributed by atoms with E-state index < -0.39 is 0 Å². The number of nitrogens with zero attached hydrogens (tertiary/aromatic N) is 4. The Labute approximate surface area is 145 Å². The quantitative estimate of drug-likeness (QED) is 0.693. The molecule has 4 nitrogen and oxygen atoms in total. The second kappa shape index (κ2) is 6.62. The van der Waals surface area contributed by atoms with E-state index in [-0.39, 0.29) is 5.91 Å². The number of quaternary nitrogens is 2. The normalized spacial score (nSPS) is 37.0. The second-order valence-electron chi connectivity index (χ2n) is 7.75. The average molecular weight is 327 g/mol. The van der Waals surface area contributed by atoms with Crippen molar-refractivity contribution in [3.63, 3.8) is 0 Å². The molecule has 0 amide bonds. The Hall–Kier alpha value is -0.160. The highest BCUT2D eigenvalue weighted by Gasteiger charge is 2.78. The Morgan fingerprint density at radius 2 is 1.43 bits per heavy atom. The summed E-state index contributed by atoms with van der Waals surface area (Å²) in [6.45, 7) is 29.2. The smallest absolute Gasteiger partial charge is 0.242 e. The van der Waals surface area contributed by atoms with Crippen LogP contribution in [0.4, 0.5) is 0 Å². The zero-order valence-corrected chi connectivity index (χ0v) is 17.1. The van der Waals surface area contributed by atoms with Crippen LogP contribution in [0.15, 0.2) is 0 Å². The first-order valence-corrected chi connectivity index (χ1v) is 10.2. The molecule has 2 saturated heterocycles. The summed E-state index contributed by atoms with van der Waals surface area (Å²) in [6, 6.07) is 1.37. The van der Waals surface area contributed by atoms with E-state index in [1.165, 1.54) is 48.2 Å². The summed E-state index contributed by atoms with van der Waals surface area (Å²) in [4.78, 5) is 5.73. The Bertz CT molecular complexity index is 402. The van der Waals surface area contributed by atoms with Crippen LogP contribution in [0.3, 0.4) is 0 Å². The third-order valence-electron chi connectivity index (χ3n) is 7.58. The summed E-state index contributed by atoms with van der Waals surface area (Å²) in [6.07, 6.45) is 0. The van der Waals surface area contributed by atoms with Crippen LogP contribution in [-0.4, -0.2) is 89.1 Å². The molecular formula is C19H42N4+2. The van der Waals surface area contributed by atoms with Gasteiger partial charge in [-0.1, -0.05) is 13.8 Å². The standard InChI is InChI=1S/C19H42N4/c1-9-20-15-18(8)23(13-5,14-6)19(20)21(10-2)17(7)16-22(19,11-3)12-4/h17-18H,9-16H2,1-8H3/q+2. The first-order valence-electron chi connectivity index (χ1n) is 10.2. The molecule has 0 aliphatic carbocycles. The van der Waals surface area contributed by atoms with Gasteiger partial charge in [0.25, 0.3) is 0 Å². The molecule has 2 aliphatic rings. The van der Waals surface area contributed by atoms with Crippen molar-refractivity contribution in [2.75, 3.05) is 52.4 Å². The van der Waals surface area contributed by atoms with E-state index in [0.29, 0.717) is 12.1 Å². The van der Waals surface area contributed by atoms with E-state index >= 15 is 0 Å². The molecule has 136 valence electrons. The zero-order chi connectivity index (χ0) is 17.5. The number of likely N-dealkylation sites (N-methyl/N-ethyl adjacent to an activating group) is 4. The van der Waals surface area contributed by atoms with Gasteiger partial charge in [-0.05, 0) is 41.5 Å². The number of hydrogen-bond donors (Lipinski definition) is 0. The van der Waals surface area contributed by atoms with Crippen LogP contribution in [0, 0.1) is 0 Å². The van der Waals surface area contributed by atoms with Crippen molar-refractivity contribution in [2.45, 2.75) is 73.4 Å². The molecule has 23 heavy (non-hydrogen) atoms. The van der Waals surface area contributed by atoms with Crippen molar-refractivity contribution in [1.29, 1.82) is 0 Å². The van der Waals surface area contributed by atoms with Gasteiger partial charge >= 0.3 is 5.91 Å². The van der Waals surface area contributed by atoms with Crippen molar-refractivity contribution < 1.29 is 8.97 Å². The Morgan fingerprint density at radius 3 is 1.83 bits per heavy atom. The SMILES string of the molecule is CCN1CC(C)[N+](CC)(CC)C12N(CC)C(C)C[N+]2(CC)CC. The molecule has 1 spiro atoms. The van der Waals surface area contributed by atoms with Crippen molar-refractivity contribution in [3.8, 4) is 0 Å². The average Bonchev–Trinajstić information content (AvgIpc) is 2.98. The lowest BCUT2D eigenvalue weighted by molar-refractivity contribution is -1.18. The molecule has 3 atom stereocenters. The predicted molar refractivity (Wildman–Crippen MR) is 98.8 cm³/mol. The minimum absolute atomic E-state index is 0.134. The van der Waals surface area contributed by atoms with Crippen molar-refractivity contribution >= 4 is 0 Å². The molecular weight excluding hydrogens is 284 g/mol. The highest BCUT2D eigenvalue weighted by molar-refractivity contribution is 4.92. The van der Waals surface area contributed by atoms with Gasteiger partial charge in [0.2, 0.25) is 0 Å². The molecule has 2 heterocycles. The zero-order valence-electron chi connectivity index (χ0n) is 17.1. The molecule has 0 N–H and O–H groups in total. The lowest BCUT2D eigenvalue weighted by Gasteiger charge is -2.58. The van der Waals surface area contributed by atoms with Crippen molar-refractivity contribution in [1.82, 2.24) is 9.80 Å².